The summed E-state index contributed by atoms with van der Waals surface area (Å²) in [6, 6.07) is 14.5. The lowest BCUT2D eigenvalue weighted by molar-refractivity contribution is 0.0323. The van der Waals surface area contributed by atoms with Gasteiger partial charge in [-0.25, -0.2) is 0 Å². The van der Waals surface area contributed by atoms with Gasteiger partial charge < -0.3 is 9.47 Å². The van der Waals surface area contributed by atoms with Gasteiger partial charge in [-0.3, -0.25) is 4.90 Å². The molecule has 3 heteroatoms. The van der Waals surface area contributed by atoms with Gasteiger partial charge in [0.2, 0.25) is 0 Å². The Hall–Kier alpha value is -1.58. The predicted octanol–water partition coefficient (Wildman–Crippen LogP) is 2.55. The normalized spacial score (nSPS) is 16.6. The van der Waals surface area contributed by atoms with E-state index in [-0.39, 0.29) is 0 Å². The lowest BCUT2D eigenvalue weighted by atomic mass is 10.1. The van der Waals surface area contributed by atoms with Crippen LogP contribution in [0.5, 0.6) is 5.75 Å². The maximum absolute atomic E-state index is 5.94. The minimum Gasteiger partial charge on any atom is -0.492 e. The van der Waals surface area contributed by atoms with Crippen molar-refractivity contribution in [3.63, 3.8) is 0 Å². The van der Waals surface area contributed by atoms with Gasteiger partial charge in [-0.2, -0.15) is 0 Å². The molecule has 0 spiro atoms. The Morgan fingerprint density at radius 2 is 1.79 bits per heavy atom. The Morgan fingerprint density at radius 1 is 1.00 bits per heavy atom. The Kier molecular flexibility index (Phi) is 3.96. The second-order valence-corrected chi connectivity index (χ2v) is 4.78. The number of rotatable bonds is 4. The molecular weight excluding hydrogens is 238 g/mol. The first-order valence-electron chi connectivity index (χ1n) is 6.84. The summed E-state index contributed by atoms with van der Waals surface area (Å²) in [6.07, 6.45) is 0. The summed E-state index contributed by atoms with van der Waals surface area (Å²) in [7, 11) is 0. The first-order chi connectivity index (χ1) is 9.43. The average molecular weight is 257 g/mol. The molecule has 100 valence electrons. The fourth-order valence-corrected chi connectivity index (χ4v) is 2.43. The Morgan fingerprint density at radius 3 is 2.68 bits per heavy atom. The smallest absolute Gasteiger partial charge is 0.127 e. The molecule has 0 N–H and O–H groups in total. The van der Waals surface area contributed by atoms with E-state index < -0.39 is 0 Å². The topological polar surface area (TPSA) is 21.7 Å². The van der Waals surface area contributed by atoms with Crippen LogP contribution in [0.2, 0.25) is 0 Å². The van der Waals surface area contributed by atoms with Gasteiger partial charge in [0, 0.05) is 25.0 Å². The van der Waals surface area contributed by atoms with E-state index in [2.05, 4.69) is 35.2 Å². The monoisotopic (exact) mass is 257 g/mol. The van der Waals surface area contributed by atoms with Gasteiger partial charge >= 0.3 is 0 Å². The van der Waals surface area contributed by atoms with Crippen LogP contribution in [0, 0.1) is 0 Å². The summed E-state index contributed by atoms with van der Waals surface area (Å²) in [5, 5.41) is 2.42. The molecule has 0 bridgehead atoms. The molecule has 0 radical (unpaired) electrons. The van der Waals surface area contributed by atoms with Crippen LogP contribution in [-0.2, 0) is 4.74 Å². The van der Waals surface area contributed by atoms with E-state index in [4.69, 9.17) is 9.47 Å². The van der Waals surface area contributed by atoms with Gasteiger partial charge in [0.25, 0.3) is 0 Å². The van der Waals surface area contributed by atoms with Crippen molar-refractivity contribution in [3.05, 3.63) is 42.5 Å². The SMILES string of the molecule is c1ccc2c(OCCN3CCOCC3)cccc2c1. The third-order valence-corrected chi connectivity index (χ3v) is 3.52. The first kappa shape index (κ1) is 12.5. The molecule has 0 unspecified atom stereocenters. The van der Waals surface area contributed by atoms with Crippen LogP contribution in [0.3, 0.4) is 0 Å². The highest BCUT2D eigenvalue weighted by Crippen LogP contribution is 2.24. The van der Waals surface area contributed by atoms with Crippen molar-refractivity contribution in [3.8, 4) is 5.75 Å². The standard InChI is InChI=1S/C16H19NO2/c1-2-6-15-14(4-1)5-3-7-16(15)19-13-10-17-8-11-18-12-9-17/h1-7H,8-13H2. The molecule has 2 aromatic rings. The van der Waals surface area contributed by atoms with E-state index in [1.807, 2.05) is 12.1 Å². The quantitative estimate of drug-likeness (QED) is 0.840. The molecule has 0 amide bonds. The molecule has 1 aliphatic rings. The maximum atomic E-state index is 5.94. The molecule has 1 heterocycles. The van der Waals surface area contributed by atoms with E-state index in [1.54, 1.807) is 0 Å². The van der Waals surface area contributed by atoms with Gasteiger partial charge in [0.05, 0.1) is 13.2 Å². The van der Waals surface area contributed by atoms with Crippen LogP contribution < -0.4 is 4.74 Å². The highest BCUT2D eigenvalue weighted by Gasteiger charge is 2.10. The molecule has 1 aliphatic heterocycles. The molecule has 1 fully saturated rings. The van der Waals surface area contributed by atoms with Crippen LogP contribution in [0.15, 0.2) is 42.5 Å². The number of hydrogen-bond donors (Lipinski definition) is 0. The van der Waals surface area contributed by atoms with E-state index >= 15 is 0 Å². The second kappa shape index (κ2) is 6.04. The Bertz CT molecular complexity index is 530. The molecule has 3 nitrogen and oxygen atoms in total. The number of morpholine rings is 1. The van der Waals surface area contributed by atoms with Crippen molar-refractivity contribution in [2.24, 2.45) is 0 Å². The molecule has 0 saturated carbocycles. The number of hydrogen-bond acceptors (Lipinski definition) is 3. The third kappa shape index (κ3) is 3.06. The van der Waals surface area contributed by atoms with Gasteiger partial charge in [0.1, 0.15) is 12.4 Å². The van der Waals surface area contributed by atoms with Crippen LogP contribution in [-0.4, -0.2) is 44.4 Å². The van der Waals surface area contributed by atoms with Gasteiger partial charge in [-0.1, -0.05) is 36.4 Å². The van der Waals surface area contributed by atoms with Crippen LogP contribution in [0.25, 0.3) is 10.8 Å². The second-order valence-electron chi connectivity index (χ2n) is 4.78. The maximum Gasteiger partial charge on any atom is 0.127 e. The Balaban J connectivity index is 1.62. The van der Waals surface area contributed by atoms with Crippen LogP contribution >= 0.6 is 0 Å². The molecule has 0 atom stereocenters. The molecular formula is C16H19NO2. The minimum absolute atomic E-state index is 0.730. The molecule has 3 rings (SSSR count). The van der Waals surface area contributed by atoms with Crippen molar-refractivity contribution in [1.82, 2.24) is 4.90 Å². The van der Waals surface area contributed by atoms with Gasteiger partial charge in [-0.15, -0.1) is 0 Å². The zero-order chi connectivity index (χ0) is 12.9. The van der Waals surface area contributed by atoms with E-state index in [9.17, 15) is 0 Å². The highest BCUT2D eigenvalue weighted by atomic mass is 16.5. The molecule has 1 saturated heterocycles. The average Bonchev–Trinajstić information content (AvgIpc) is 2.49. The van der Waals surface area contributed by atoms with E-state index in [0.717, 1.165) is 45.2 Å². The zero-order valence-electron chi connectivity index (χ0n) is 11.0. The summed E-state index contributed by atoms with van der Waals surface area (Å²) < 4.78 is 11.3. The van der Waals surface area contributed by atoms with Gasteiger partial charge in [-0.05, 0) is 11.5 Å². The van der Waals surface area contributed by atoms with E-state index in [0.29, 0.717) is 0 Å². The molecule has 0 aliphatic carbocycles. The fraction of sp³-hybridized carbons (Fsp3) is 0.375. The Labute approximate surface area is 113 Å². The summed E-state index contributed by atoms with van der Waals surface area (Å²) in [5.41, 5.74) is 0. The largest absolute Gasteiger partial charge is 0.492 e. The summed E-state index contributed by atoms with van der Waals surface area (Å²) in [6.45, 7) is 5.40. The predicted molar refractivity (Wildman–Crippen MR) is 76.7 cm³/mol. The lowest BCUT2D eigenvalue weighted by Crippen LogP contribution is -2.38. The van der Waals surface area contributed by atoms with E-state index in [1.165, 1.54) is 10.8 Å². The zero-order valence-corrected chi connectivity index (χ0v) is 11.0. The van der Waals surface area contributed by atoms with Crippen molar-refractivity contribution in [1.29, 1.82) is 0 Å². The minimum atomic E-state index is 0.730. The number of ether oxygens (including phenoxy) is 2. The molecule has 19 heavy (non-hydrogen) atoms. The number of benzene rings is 2. The van der Waals surface area contributed by atoms with Crippen molar-refractivity contribution >= 4 is 10.8 Å². The molecule has 2 aromatic carbocycles. The fourth-order valence-electron chi connectivity index (χ4n) is 2.43. The van der Waals surface area contributed by atoms with Crippen LogP contribution in [0.1, 0.15) is 0 Å². The molecule has 0 aromatic heterocycles. The van der Waals surface area contributed by atoms with Gasteiger partial charge in [0.15, 0.2) is 0 Å². The third-order valence-electron chi connectivity index (χ3n) is 3.52. The highest BCUT2D eigenvalue weighted by molar-refractivity contribution is 5.88. The number of nitrogens with zero attached hydrogens (tertiary/aromatic N) is 1. The van der Waals surface area contributed by atoms with Crippen LogP contribution in [0.4, 0.5) is 0 Å². The summed E-state index contributed by atoms with van der Waals surface area (Å²) in [5.74, 6) is 0.978. The van der Waals surface area contributed by atoms with Crippen molar-refractivity contribution in [2.45, 2.75) is 0 Å². The first-order valence-corrected chi connectivity index (χ1v) is 6.84. The number of fused-ring (bicyclic) bond motifs is 1. The summed E-state index contributed by atoms with van der Waals surface area (Å²) in [4.78, 5) is 2.38. The van der Waals surface area contributed by atoms with Crippen molar-refractivity contribution in [2.75, 3.05) is 39.5 Å². The summed E-state index contributed by atoms with van der Waals surface area (Å²) >= 11 is 0. The van der Waals surface area contributed by atoms with Crippen molar-refractivity contribution < 1.29 is 9.47 Å². The lowest BCUT2D eigenvalue weighted by Gasteiger charge is -2.26.